The second kappa shape index (κ2) is 7.40. The summed E-state index contributed by atoms with van der Waals surface area (Å²) in [6, 6.07) is 11.0. The Morgan fingerprint density at radius 1 is 1.19 bits per heavy atom. The van der Waals surface area contributed by atoms with Crippen LogP contribution in [0.5, 0.6) is 0 Å². The van der Waals surface area contributed by atoms with E-state index in [2.05, 4.69) is 27.8 Å². The minimum Gasteiger partial charge on any atom is -0.361 e. The molecule has 0 aliphatic carbocycles. The van der Waals surface area contributed by atoms with E-state index in [0.29, 0.717) is 18.5 Å². The van der Waals surface area contributed by atoms with Crippen LogP contribution < -0.4 is 5.32 Å². The third kappa shape index (κ3) is 3.94. The van der Waals surface area contributed by atoms with Gasteiger partial charge in [0.25, 0.3) is 0 Å². The van der Waals surface area contributed by atoms with Gasteiger partial charge < -0.3 is 10.2 Å². The molecule has 0 saturated heterocycles. The summed E-state index contributed by atoms with van der Waals surface area (Å²) in [6.45, 7) is 4.76. The summed E-state index contributed by atoms with van der Waals surface area (Å²) in [7, 11) is 0. The molecule has 2 nitrogen and oxygen atoms in total. The number of alkyl halides is 3. The van der Waals surface area contributed by atoms with Crippen LogP contribution in [0.2, 0.25) is 0 Å². The van der Waals surface area contributed by atoms with Crippen LogP contribution in [-0.2, 0) is 6.18 Å². The molecular formula is C19H16BrF3N2S. The van der Waals surface area contributed by atoms with Gasteiger partial charge in [-0.2, -0.15) is 13.2 Å². The molecule has 0 bridgehead atoms. The van der Waals surface area contributed by atoms with Crippen molar-refractivity contribution in [1.82, 2.24) is 4.90 Å². The van der Waals surface area contributed by atoms with E-state index in [0.717, 1.165) is 33.4 Å². The molecule has 3 rings (SSSR count). The van der Waals surface area contributed by atoms with Crippen molar-refractivity contribution in [2.75, 3.05) is 11.9 Å². The fourth-order valence-corrected chi connectivity index (χ4v) is 3.52. The molecule has 0 fully saturated rings. The predicted molar refractivity (Wildman–Crippen MR) is 106 cm³/mol. The summed E-state index contributed by atoms with van der Waals surface area (Å²) in [5, 5.41) is 3.40. The van der Waals surface area contributed by atoms with E-state index in [-0.39, 0.29) is 6.17 Å². The van der Waals surface area contributed by atoms with Crippen LogP contribution in [0.15, 0.2) is 53.5 Å². The maximum Gasteiger partial charge on any atom is 0.416 e. The largest absolute Gasteiger partial charge is 0.416 e. The molecule has 2 aromatic carbocycles. The summed E-state index contributed by atoms with van der Waals surface area (Å²) in [5.41, 5.74) is 4.40. The average molecular weight is 441 g/mol. The highest BCUT2D eigenvalue weighted by Gasteiger charge is 2.31. The fraction of sp³-hybridized carbons (Fsp3) is 0.211. The lowest BCUT2D eigenvalue weighted by atomic mass is 9.99. The number of benzene rings is 2. The van der Waals surface area contributed by atoms with Crippen molar-refractivity contribution < 1.29 is 13.2 Å². The van der Waals surface area contributed by atoms with Crippen LogP contribution >= 0.6 is 28.1 Å². The lowest BCUT2D eigenvalue weighted by Gasteiger charge is -2.35. The minimum absolute atomic E-state index is 0.359. The number of thiocarbonyl (C=S) groups is 1. The lowest BCUT2D eigenvalue weighted by molar-refractivity contribution is -0.137. The Morgan fingerprint density at radius 2 is 1.88 bits per heavy atom. The van der Waals surface area contributed by atoms with Gasteiger partial charge >= 0.3 is 6.18 Å². The number of halogens is 4. The monoisotopic (exact) mass is 440 g/mol. The summed E-state index contributed by atoms with van der Waals surface area (Å²) in [6.07, 6.45) is -4.01. The highest BCUT2D eigenvalue weighted by molar-refractivity contribution is 9.10. The van der Waals surface area contributed by atoms with Crippen LogP contribution in [0.1, 0.15) is 29.3 Å². The zero-order valence-electron chi connectivity index (χ0n) is 13.7. The standard InChI is InChI=1S/C19H16BrF3N2S/c1-12-8-9-25(11-26)18(24-17-7-6-15(20)10-16(12)17)13-2-4-14(5-3-13)19(21,22)23/h2-7,10-11,18,24H,1,8-9H2. The Morgan fingerprint density at radius 3 is 2.50 bits per heavy atom. The van der Waals surface area contributed by atoms with Crippen molar-refractivity contribution in [3.05, 3.63) is 70.2 Å². The number of rotatable bonds is 2. The molecule has 0 radical (unpaired) electrons. The van der Waals surface area contributed by atoms with Crippen LogP contribution in [0.25, 0.3) is 5.57 Å². The van der Waals surface area contributed by atoms with E-state index < -0.39 is 11.7 Å². The van der Waals surface area contributed by atoms with Gasteiger partial charge in [0, 0.05) is 22.3 Å². The Balaban J connectivity index is 2.00. The molecule has 0 aromatic heterocycles. The van der Waals surface area contributed by atoms with E-state index in [1.54, 1.807) is 0 Å². The zero-order valence-corrected chi connectivity index (χ0v) is 16.1. The third-order valence-electron chi connectivity index (χ3n) is 4.35. The second-order valence-electron chi connectivity index (χ2n) is 6.05. The van der Waals surface area contributed by atoms with Gasteiger partial charge in [0.15, 0.2) is 0 Å². The first-order chi connectivity index (χ1) is 12.3. The normalized spacial score (nSPS) is 17.8. The number of nitrogens with one attached hydrogen (secondary N) is 1. The molecule has 0 spiro atoms. The summed E-state index contributed by atoms with van der Waals surface area (Å²) < 4.78 is 39.5. The second-order valence-corrected chi connectivity index (χ2v) is 7.18. The molecule has 136 valence electrons. The average Bonchev–Trinajstić information content (AvgIpc) is 2.60. The molecule has 1 aliphatic rings. The van der Waals surface area contributed by atoms with Crippen LogP contribution in [0.4, 0.5) is 18.9 Å². The first kappa shape index (κ1) is 18.9. The predicted octanol–water partition coefficient (Wildman–Crippen LogP) is 6.25. The van der Waals surface area contributed by atoms with E-state index in [1.807, 2.05) is 23.1 Å². The Hall–Kier alpha value is -1.86. The molecule has 0 amide bonds. The van der Waals surface area contributed by atoms with Gasteiger partial charge in [-0.1, -0.05) is 46.9 Å². The van der Waals surface area contributed by atoms with Crippen LogP contribution in [0, 0.1) is 0 Å². The van der Waals surface area contributed by atoms with Crippen molar-refractivity contribution >= 4 is 44.9 Å². The molecule has 26 heavy (non-hydrogen) atoms. The Labute approximate surface area is 163 Å². The van der Waals surface area contributed by atoms with Crippen molar-refractivity contribution in [3.63, 3.8) is 0 Å². The number of nitrogens with zero attached hydrogens (tertiary/aromatic N) is 1. The lowest BCUT2D eigenvalue weighted by Crippen LogP contribution is -2.34. The number of fused-ring (bicyclic) bond motifs is 1. The molecule has 1 heterocycles. The topological polar surface area (TPSA) is 15.3 Å². The van der Waals surface area contributed by atoms with Gasteiger partial charge in [-0.3, -0.25) is 0 Å². The van der Waals surface area contributed by atoms with Gasteiger partial charge in [0.05, 0.1) is 11.1 Å². The van der Waals surface area contributed by atoms with Crippen molar-refractivity contribution in [1.29, 1.82) is 0 Å². The van der Waals surface area contributed by atoms with E-state index in [9.17, 15) is 13.2 Å². The minimum atomic E-state index is -4.35. The number of anilines is 1. The number of hydrogen-bond donors (Lipinski definition) is 1. The molecule has 2 aromatic rings. The Kier molecular flexibility index (Phi) is 5.39. The summed E-state index contributed by atoms with van der Waals surface area (Å²) in [4.78, 5) is 1.90. The maximum atomic E-state index is 12.8. The molecule has 0 saturated carbocycles. The van der Waals surface area contributed by atoms with Crippen molar-refractivity contribution in [2.45, 2.75) is 18.8 Å². The molecule has 1 N–H and O–H groups in total. The van der Waals surface area contributed by atoms with Crippen molar-refractivity contribution in [2.24, 2.45) is 0 Å². The molecule has 7 heteroatoms. The third-order valence-corrected chi connectivity index (χ3v) is 5.11. The molecule has 1 aliphatic heterocycles. The molecule has 1 unspecified atom stereocenters. The highest BCUT2D eigenvalue weighted by atomic mass is 79.9. The van der Waals surface area contributed by atoms with Gasteiger partial charge in [0.2, 0.25) is 0 Å². The van der Waals surface area contributed by atoms with Gasteiger partial charge in [-0.15, -0.1) is 0 Å². The maximum absolute atomic E-state index is 12.8. The Bertz CT molecular complexity index is 834. The summed E-state index contributed by atoms with van der Waals surface area (Å²) >= 11 is 8.61. The first-order valence-corrected chi connectivity index (χ1v) is 9.18. The van der Waals surface area contributed by atoms with Crippen LogP contribution in [0.3, 0.4) is 0 Å². The first-order valence-electron chi connectivity index (χ1n) is 7.92. The fourth-order valence-electron chi connectivity index (χ4n) is 2.94. The zero-order chi connectivity index (χ0) is 18.9. The van der Waals surface area contributed by atoms with E-state index in [1.165, 1.54) is 17.6 Å². The van der Waals surface area contributed by atoms with Crippen LogP contribution in [-0.4, -0.2) is 16.9 Å². The molecule has 1 atom stereocenters. The van der Waals surface area contributed by atoms with E-state index >= 15 is 0 Å². The quantitative estimate of drug-likeness (QED) is 0.555. The van der Waals surface area contributed by atoms with Crippen molar-refractivity contribution in [3.8, 4) is 0 Å². The van der Waals surface area contributed by atoms with Gasteiger partial charge in [0.1, 0.15) is 6.17 Å². The number of hydrogen-bond acceptors (Lipinski definition) is 2. The summed E-state index contributed by atoms with van der Waals surface area (Å²) in [5.74, 6) is 0. The highest BCUT2D eigenvalue weighted by Crippen LogP contribution is 2.36. The van der Waals surface area contributed by atoms with Gasteiger partial charge in [-0.05, 0) is 47.9 Å². The van der Waals surface area contributed by atoms with Gasteiger partial charge in [-0.25, -0.2) is 0 Å². The molecular weight excluding hydrogens is 425 g/mol. The van der Waals surface area contributed by atoms with E-state index in [4.69, 9.17) is 12.2 Å². The SMILES string of the molecule is C=C1CCN(C=S)C(c2ccc(C(F)(F)F)cc2)Nc2ccc(Br)cc21. The smallest absolute Gasteiger partial charge is 0.361 e.